The van der Waals surface area contributed by atoms with E-state index in [-0.39, 0.29) is 17.2 Å². The monoisotopic (exact) mass is 437 g/mol. The highest BCUT2D eigenvalue weighted by Crippen LogP contribution is 2.42. The van der Waals surface area contributed by atoms with Gasteiger partial charge in [0, 0.05) is 36.4 Å². The van der Waals surface area contributed by atoms with Gasteiger partial charge >= 0.3 is 5.91 Å². The second-order valence-electron chi connectivity index (χ2n) is 7.46. The van der Waals surface area contributed by atoms with E-state index >= 15 is 0 Å². The van der Waals surface area contributed by atoms with Crippen molar-refractivity contribution < 1.29 is 19.2 Å². The molecule has 0 spiro atoms. The molecule has 1 fully saturated rings. The van der Waals surface area contributed by atoms with E-state index in [1.54, 1.807) is 37.3 Å². The van der Waals surface area contributed by atoms with Gasteiger partial charge in [-0.3, -0.25) is 14.5 Å². The zero-order valence-corrected chi connectivity index (χ0v) is 17.9. The van der Waals surface area contributed by atoms with E-state index in [1.165, 1.54) is 4.90 Å². The van der Waals surface area contributed by atoms with Crippen LogP contribution in [0.2, 0.25) is 5.02 Å². The number of amides is 1. The molecule has 31 heavy (non-hydrogen) atoms. The fraction of sp³-hybridized carbons (Fsp3) is 0.174. The molecule has 1 N–H and O–H groups in total. The Kier molecular flexibility index (Phi) is 5.29. The Bertz CT molecular complexity index is 1180. The minimum absolute atomic E-state index is 0.0226. The number of aliphatic hydroxyl groups excluding tert-OH is 1. The van der Waals surface area contributed by atoms with E-state index in [2.05, 4.69) is 5.16 Å². The third-order valence-electron chi connectivity index (χ3n) is 5.15. The Morgan fingerprint density at radius 1 is 1.10 bits per heavy atom. The molecular formula is C23H20ClN3O4. The lowest BCUT2D eigenvalue weighted by Gasteiger charge is -2.23. The minimum Gasteiger partial charge on any atom is -0.507 e. The lowest BCUT2D eigenvalue weighted by molar-refractivity contribution is -0.132. The van der Waals surface area contributed by atoms with Gasteiger partial charge in [0.2, 0.25) is 0 Å². The number of halogens is 1. The van der Waals surface area contributed by atoms with Gasteiger partial charge in [-0.05, 0) is 48.9 Å². The maximum atomic E-state index is 13.0. The summed E-state index contributed by atoms with van der Waals surface area (Å²) in [6, 6.07) is 14.5. The van der Waals surface area contributed by atoms with E-state index in [4.69, 9.17) is 16.1 Å². The smallest absolute Gasteiger partial charge is 0.301 e. The van der Waals surface area contributed by atoms with Crippen LogP contribution in [0.15, 0.2) is 64.7 Å². The summed E-state index contributed by atoms with van der Waals surface area (Å²) in [5.41, 5.74) is 1.97. The summed E-state index contributed by atoms with van der Waals surface area (Å²) >= 11 is 5.95. The summed E-state index contributed by atoms with van der Waals surface area (Å²) in [5, 5.41) is 15.5. The molecule has 1 saturated heterocycles. The number of Topliss-reactive ketones (excluding diaryl/α,β-unsaturated/α-hetero) is 1. The van der Waals surface area contributed by atoms with Crippen molar-refractivity contribution in [3.63, 3.8) is 0 Å². The third-order valence-corrected chi connectivity index (χ3v) is 5.40. The Balaban J connectivity index is 1.91. The summed E-state index contributed by atoms with van der Waals surface area (Å²) in [4.78, 5) is 29.2. The van der Waals surface area contributed by atoms with Crippen LogP contribution in [0.4, 0.5) is 11.5 Å². The quantitative estimate of drug-likeness (QED) is 0.371. The minimum atomic E-state index is -0.864. The number of hydrogen-bond acceptors (Lipinski definition) is 6. The lowest BCUT2D eigenvalue weighted by atomic mass is 9.95. The number of hydrogen-bond donors (Lipinski definition) is 1. The first-order chi connectivity index (χ1) is 14.8. The molecule has 0 aliphatic carbocycles. The topological polar surface area (TPSA) is 86.9 Å². The second-order valence-corrected chi connectivity index (χ2v) is 7.89. The van der Waals surface area contributed by atoms with Gasteiger partial charge in [0.1, 0.15) is 11.5 Å². The molecule has 0 bridgehead atoms. The molecule has 3 aromatic rings. The number of aryl methyl sites for hydroxylation is 1. The van der Waals surface area contributed by atoms with E-state index in [0.29, 0.717) is 21.9 Å². The van der Waals surface area contributed by atoms with Crippen LogP contribution in [0, 0.1) is 6.92 Å². The highest BCUT2D eigenvalue weighted by Gasteiger charge is 2.48. The first kappa shape index (κ1) is 20.7. The van der Waals surface area contributed by atoms with Crippen LogP contribution in [0.1, 0.15) is 22.9 Å². The largest absolute Gasteiger partial charge is 0.507 e. The maximum absolute atomic E-state index is 13.0. The lowest BCUT2D eigenvalue weighted by Crippen LogP contribution is -2.29. The van der Waals surface area contributed by atoms with Crippen LogP contribution >= 0.6 is 11.6 Å². The van der Waals surface area contributed by atoms with Crippen LogP contribution in [0.25, 0.3) is 5.76 Å². The number of nitrogens with zero attached hydrogens (tertiary/aromatic N) is 3. The number of ketones is 1. The molecule has 1 atom stereocenters. The van der Waals surface area contributed by atoms with Gasteiger partial charge < -0.3 is 14.5 Å². The van der Waals surface area contributed by atoms with E-state index in [9.17, 15) is 14.7 Å². The van der Waals surface area contributed by atoms with E-state index < -0.39 is 17.7 Å². The zero-order chi connectivity index (χ0) is 22.3. The molecule has 0 radical (unpaired) electrons. The number of carbonyl (C=O) groups excluding carboxylic acids is 2. The van der Waals surface area contributed by atoms with Gasteiger partial charge in [-0.2, -0.15) is 0 Å². The van der Waals surface area contributed by atoms with Crippen molar-refractivity contribution in [2.45, 2.75) is 13.0 Å². The van der Waals surface area contributed by atoms with Crippen LogP contribution in [0.5, 0.6) is 0 Å². The van der Waals surface area contributed by atoms with Gasteiger partial charge in [-0.1, -0.05) is 28.9 Å². The van der Waals surface area contributed by atoms with E-state index in [1.807, 2.05) is 43.3 Å². The van der Waals surface area contributed by atoms with Crippen LogP contribution in [-0.4, -0.2) is 36.0 Å². The predicted molar refractivity (Wildman–Crippen MR) is 118 cm³/mol. The number of rotatable bonds is 4. The van der Waals surface area contributed by atoms with Crippen molar-refractivity contribution in [1.29, 1.82) is 0 Å². The summed E-state index contributed by atoms with van der Waals surface area (Å²) in [5.74, 6) is -1.16. The fourth-order valence-electron chi connectivity index (χ4n) is 3.57. The molecule has 2 aromatic carbocycles. The van der Waals surface area contributed by atoms with Crippen molar-refractivity contribution in [2.75, 3.05) is 23.9 Å². The first-order valence-electron chi connectivity index (χ1n) is 9.55. The van der Waals surface area contributed by atoms with Crippen LogP contribution < -0.4 is 9.80 Å². The number of anilines is 2. The summed E-state index contributed by atoms with van der Waals surface area (Å²) < 4.78 is 5.13. The van der Waals surface area contributed by atoms with Crippen molar-refractivity contribution in [2.24, 2.45) is 0 Å². The SMILES string of the molecule is Cc1cc(N2C(=O)C(=O)/C(=C(/O)c3ccc(Cl)cc3)C2c2ccc(N(C)C)cc2)no1. The normalized spacial score (nSPS) is 17.9. The molecule has 1 amide bonds. The molecule has 7 nitrogen and oxygen atoms in total. The summed E-state index contributed by atoms with van der Waals surface area (Å²) in [7, 11) is 3.83. The van der Waals surface area contributed by atoms with Gasteiger partial charge in [0.25, 0.3) is 5.78 Å². The van der Waals surface area contributed by atoms with Gasteiger partial charge in [0.15, 0.2) is 5.82 Å². The second kappa shape index (κ2) is 7.92. The van der Waals surface area contributed by atoms with E-state index in [0.717, 1.165) is 5.69 Å². The molecule has 2 heterocycles. The number of aliphatic hydroxyl groups is 1. The fourth-order valence-corrected chi connectivity index (χ4v) is 3.70. The Hall–Kier alpha value is -3.58. The molecule has 1 aromatic heterocycles. The number of carbonyl (C=O) groups is 2. The average molecular weight is 438 g/mol. The van der Waals surface area contributed by atoms with Crippen LogP contribution in [-0.2, 0) is 9.59 Å². The molecule has 1 aliphatic rings. The molecule has 0 saturated carbocycles. The Morgan fingerprint density at radius 3 is 2.29 bits per heavy atom. The van der Waals surface area contributed by atoms with Gasteiger partial charge in [-0.15, -0.1) is 0 Å². The molecule has 1 aliphatic heterocycles. The van der Waals surface area contributed by atoms with Gasteiger partial charge in [0.05, 0.1) is 11.6 Å². The highest BCUT2D eigenvalue weighted by atomic mass is 35.5. The van der Waals surface area contributed by atoms with Crippen molar-refractivity contribution >= 4 is 40.6 Å². The van der Waals surface area contributed by atoms with Gasteiger partial charge in [-0.25, -0.2) is 0 Å². The highest BCUT2D eigenvalue weighted by molar-refractivity contribution is 6.51. The summed E-state index contributed by atoms with van der Waals surface area (Å²) in [6.45, 7) is 1.70. The first-order valence-corrected chi connectivity index (χ1v) is 9.93. The standard InChI is InChI=1S/C23H20ClN3O4/c1-13-12-18(25-31-13)27-20(14-6-10-17(11-7-14)26(2)3)19(22(29)23(27)30)21(28)15-4-8-16(24)9-5-15/h4-12,20,28H,1-3H3/b21-19+. The van der Waals surface area contributed by atoms with Crippen LogP contribution in [0.3, 0.4) is 0 Å². The number of aromatic nitrogens is 1. The molecule has 158 valence electrons. The molecule has 8 heteroatoms. The Labute approximate surface area is 184 Å². The zero-order valence-electron chi connectivity index (χ0n) is 17.2. The Morgan fingerprint density at radius 2 is 1.74 bits per heavy atom. The number of benzene rings is 2. The van der Waals surface area contributed by atoms with Crippen molar-refractivity contribution in [3.8, 4) is 0 Å². The summed E-state index contributed by atoms with van der Waals surface area (Å²) in [6.07, 6.45) is 0. The van der Waals surface area contributed by atoms with Crippen molar-refractivity contribution in [1.82, 2.24) is 5.16 Å². The predicted octanol–water partition coefficient (Wildman–Crippen LogP) is 4.33. The van der Waals surface area contributed by atoms with Crippen molar-refractivity contribution in [3.05, 3.63) is 82.1 Å². The average Bonchev–Trinajstić information content (AvgIpc) is 3.29. The molecule has 1 unspecified atom stereocenters. The third kappa shape index (κ3) is 3.68. The molecular weight excluding hydrogens is 418 g/mol. The maximum Gasteiger partial charge on any atom is 0.301 e. The molecule has 4 rings (SSSR count).